The van der Waals surface area contributed by atoms with Gasteiger partial charge in [0, 0.05) is 10.7 Å². The summed E-state index contributed by atoms with van der Waals surface area (Å²) in [5.41, 5.74) is 1.73. The number of rotatable bonds is 2. The van der Waals surface area contributed by atoms with Gasteiger partial charge in [-0.1, -0.05) is 6.07 Å². The predicted octanol–water partition coefficient (Wildman–Crippen LogP) is 4.18. The Morgan fingerprint density at radius 2 is 1.55 bits per heavy atom. The molecule has 2 aromatic carbocycles. The molecule has 0 radical (unpaired) electrons. The van der Waals surface area contributed by atoms with E-state index in [9.17, 15) is 17.2 Å². The molecule has 0 atom stereocenters. The highest BCUT2D eigenvalue weighted by molar-refractivity contribution is 8.13. The van der Waals surface area contributed by atoms with E-state index in [1.165, 1.54) is 25.1 Å². The second kappa shape index (κ2) is 5.14. The summed E-state index contributed by atoms with van der Waals surface area (Å²) in [4.78, 5) is -0.308. The van der Waals surface area contributed by atoms with E-state index in [0.29, 0.717) is 16.7 Å². The molecule has 0 aliphatic carbocycles. The Morgan fingerprint density at radius 1 is 0.950 bits per heavy atom. The minimum Gasteiger partial charge on any atom is -0.207 e. The smallest absolute Gasteiger partial charge is 0.207 e. The first kappa shape index (κ1) is 14.9. The molecule has 0 N–H and O–H groups in total. The van der Waals surface area contributed by atoms with Gasteiger partial charge in [-0.3, -0.25) is 0 Å². The third-order valence-electron chi connectivity index (χ3n) is 3.08. The van der Waals surface area contributed by atoms with Crippen LogP contribution in [0.15, 0.2) is 35.2 Å². The van der Waals surface area contributed by atoms with E-state index >= 15 is 0 Å². The first-order chi connectivity index (χ1) is 9.20. The molecule has 0 spiro atoms. The topological polar surface area (TPSA) is 34.1 Å². The molecular formula is C14H11ClF2O2S. The first-order valence-electron chi connectivity index (χ1n) is 5.71. The fourth-order valence-electron chi connectivity index (χ4n) is 2.07. The molecule has 0 aliphatic rings. The molecule has 0 unspecified atom stereocenters. The number of hydrogen-bond acceptors (Lipinski definition) is 2. The van der Waals surface area contributed by atoms with E-state index < -0.39 is 20.7 Å². The first-order valence-corrected chi connectivity index (χ1v) is 8.02. The largest absolute Gasteiger partial charge is 0.261 e. The molecule has 2 nitrogen and oxygen atoms in total. The predicted molar refractivity (Wildman–Crippen MR) is 74.3 cm³/mol. The highest BCUT2D eigenvalue weighted by atomic mass is 35.7. The lowest BCUT2D eigenvalue weighted by molar-refractivity contribution is 0.601. The number of hydrogen-bond donors (Lipinski definition) is 0. The normalized spacial score (nSPS) is 11.7. The highest BCUT2D eigenvalue weighted by Gasteiger charge is 2.19. The van der Waals surface area contributed by atoms with Crippen LogP contribution in [-0.4, -0.2) is 8.42 Å². The van der Waals surface area contributed by atoms with Crippen molar-refractivity contribution >= 4 is 19.7 Å². The standard InChI is InChI=1S/C14H11ClF2O2S/c1-8-3-4-10(16)5-12(8)13-6-11(17)7-14(9(13)2)20(15,18)19/h3-7H,1-2H3. The molecule has 106 valence electrons. The Hall–Kier alpha value is -1.46. The molecule has 6 heteroatoms. The molecule has 0 aromatic heterocycles. The maximum atomic E-state index is 13.6. The van der Waals surface area contributed by atoms with Crippen molar-refractivity contribution in [1.82, 2.24) is 0 Å². The minimum atomic E-state index is -4.07. The zero-order valence-electron chi connectivity index (χ0n) is 10.7. The Bertz CT molecular complexity index is 786. The monoisotopic (exact) mass is 316 g/mol. The van der Waals surface area contributed by atoms with Crippen molar-refractivity contribution in [3.05, 3.63) is 53.1 Å². The van der Waals surface area contributed by atoms with Crippen molar-refractivity contribution in [2.75, 3.05) is 0 Å². The highest BCUT2D eigenvalue weighted by Crippen LogP contribution is 2.33. The van der Waals surface area contributed by atoms with Gasteiger partial charge in [-0.15, -0.1) is 0 Å². The third kappa shape index (κ3) is 2.83. The van der Waals surface area contributed by atoms with Gasteiger partial charge in [0.25, 0.3) is 9.05 Å². The third-order valence-corrected chi connectivity index (χ3v) is 4.53. The fourth-order valence-corrected chi connectivity index (χ4v) is 3.28. The second-order valence-corrected chi connectivity index (χ2v) is 7.01. The average molecular weight is 317 g/mol. The van der Waals surface area contributed by atoms with Crippen LogP contribution < -0.4 is 0 Å². The van der Waals surface area contributed by atoms with Crippen LogP contribution in [0.4, 0.5) is 8.78 Å². The van der Waals surface area contributed by atoms with Gasteiger partial charge in [-0.25, -0.2) is 17.2 Å². The van der Waals surface area contributed by atoms with Gasteiger partial charge in [0.15, 0.2) is 0 Å². The van der Waals surface area contributed by atoms with Crippen molar-refractivity contribution in [3.63, 3.8) is 0 Å². The molecule has 2 aromatic rings. The Kier molecular flexibility index (Phi) is 3.84. The minimum absolute atomic E-state index is 0.287. The van der Waals surface area contributed by atoms with Gasteiger partial charge in [-0.05, 0) is 60.4 Å². The lowest BCUT2D eigenvalue weighted by Gasteiger charge is -2.12. The van der Waals surface area contributed by atoms with Gasteiger partial charge in [0.1, 0.15) is 11.6 Å². The lowest BCUT2D eigenvalue weighted by Crippen LogP contribution is -1.99. The van der Waals surface area contributed by atoms with E-state index in [0.717, 1.165) is 6.07 Å². The molecule has 0 bridgehead atoms. The molecule has 0 saturated carbocycles. The second-order valence-electron chi connectivity index (χ2n) is 4.47. The molecule has 0 saturated heterocycles. The molecule has 0 fully saturated rings. The van der Waals surface area contributed by atoms with Gasteiger partial charge in [0.2, 0.25) is 0 Å². The number of benzene rings is 2. The van der Waals surface area contributed by atoms with Crippen LogP contribution in [0, 0.1) is 25.5 Å². The molecule has 0 heterocycles. The van der Waals surface area contributed by atoms with Gasteiger partial charge >= 0.3 is 0 Å². The van der Waals surface area contributed by atoms with Crippen molar-refractivity contribution in [3.8, 4) is 11.1 Å². The summed E-state index contributed by atoms with van der Waals surface area (Å²) >= 11 is 0. The van der Waals surface area contributed by atoms with E-state index in [-0.39, 0.29) is 10.5 Å². The number of aryl methyl sites for hydroxylation is 1. The van der Waals surface area contributed by atoms with E-state index in [2.05, 4.69) is 0 Å². The molecule has 0 aliphatic heterocycles. The molecule has 20 heavy (non-hydrogen) atoms. The van der Waals surface area contributed by atoms with E-state index in [1.54, 1.807) is 13.0 Å². The maximum Gasteiger partial charge on any atom is 0.261 e. The lowest BCUT2D eigenvalue weighted by atomic mass is 9.96. The van der Waals surface area contributed by atoms with Gasteiger partial charge in [0.05, 0.1) is 4.90 Å². The Morgan fingerprint density at radius 3 is 2.15 bits per heavy atom. The Balaban J connectivity index is 2.82. The fraction of sp³-hybridized carbons (Fsp3) is 0.143. The van der Waals surface area contributed by atoms with Crippen molar-refractivity contribution in [1.29, 1.82) is 0 Å². The Labute approximate surface area is 120 Å². The maximum absolute atomic E-state index is 13.6. The van der Waals surface area contributed by atoms with Crippen molar-refractivity contribution in [2.45, 2.75) is 18.7 Å². The van der Waals surface area contributed by atoms with Crippen LogP contribution in [-0.2, 0) is 9.05 Å². The summed E-state index contributed by atoms with van der Waals surface area (Å²) in [5, 5.41) is 0. The number of halogens is 3. The SMILES string of the molecule is Cc1ccc(F)cc1-c1cc(F)cc(S(=O)(=O)Cl)c1C. The summed E-state index contributed by atoms with van der Waals surface area (Å²) in [7, 11) is 1.23. The summed E-state index contributed by atoms with van der Waals surface area (Å²) < 4.78 is 49.9. The van der Waals surface area contributed by atoms with Gasteiger partial charge in [-0.2, -0.15) is 0 Å². The van der Waals surface area contributed by atoms with Crippen LogP contribution >= 0.6 is 10.7 Å². The zero-order valence-corrected chi connectivity index (χ0v) is 12.3. The van der Waals surface area contributed by atoms with Crippen LogP contribution in [0.5, 0.6) is 0 Å². The van der Waals surface area contributed by atoms with E-state index in [4.69, 9.17) is 10.7 Å². The average Bonchev–Trinajstić information content (AvgIpc) is 2.33. The van der Waals surface area contributed by atoms with Crippen LogP contribution in [0.3, 0.4) is 0 Å². The molecule has 0 amide bonds. The zero-order chi connectivity index (χ0) is 15.1. The summed E-state index contributed by atoms with van der Waals surface area (Å²) in [5.74, 6) is -1.22. The summed E-state index contributed by atoms with van der Waals surface area (Å²) in [6.07, 6.45) is 0. The van der Waals surface area contributed by atoms with Gasteiger partial charge < -0.3 is 0 Å². The quantitative estimate of drug-likeness (QED) is 0.779. The van der Waals surface area contributed by atoms with Crippen LogP contribution in [0.25, 0.3) is 11.1 Å². The molecule has 2 rings (SSSR count). The van der Waals surface area contributed by atoms with Crippen LogP contribution in [0.2, 0.25) is 0 Å². The summed E-state index contributed by atoms with van der Waals surface area (Å²) in [6, 6.07) is 6.09. The van der Waals surface area contributed by atoms with Crippen LogP contribution in [0.1, 0.15) is 11.1 Å². The van der Waals surface area contributed by atoms with E-state index in [1.807, 2.05) is 0 Å². The summed E-state index contributed by atoms with van der Waals surface area (Å²) in [6.45, 7) is 3.24. The van der Waals surface area contributed by atoms with Crippen molar-refractivity contribution in [2.24, 2.45) is 0 Å². The van der Waals surface area contributed by atoms with Crippen molar-refractivity contribution < 1.29 is 17.2 Å². The molecular weight excluding hydrogens is 306 g/mol.